The number of hydrogen-bond acceptors (Lipinski definition) is 6. The molecule has 0 radical (unpaired) electrons. The van der Waals surface area contributed by atoms with Crippen molar-refractivity contribution in [3.8, 4) is 17.4 Å². The molecule has 1 spiro atoms. The molecule has 2 saturated carbocycles. The summed E-state index contributed by atoms with van der Waals surface area (Å²) >= 11 is 0. The molecule has 3 fully saturated rings. The van der Waals surface area contributed by atoms with E-state index in [0.717, 1.165) is 37.5 Å². The standard InChI is InChI=1S/C24H19F4N5O2/c1-12-2-4-16(19(32-12)21-30-9-15(25)10-31-21)22(34)33-11-14-6-23(14)7-17(20(23)33)35-18-5-3-13(8-29-18)24(26,27)28/h2-5,8-10,14,17,20H,6-7,11H2,1H3. The summed E-state index contributed by atoms with van der Waals surface area (Å²) in [6.45, 7) is 2.33. The van der Waals surface area contributed by atoms with Crippen molar-refractivity contribution in [2.75, 3.05) is 6.54 Å². The van der Waals surface area contributed by atoms with Crippen LogP contribution >= 0.6 is 0 Å². The lowest BCUT2D eigenvalue weighted by molar-refractivity contribution is -0.137. The number of nitrogens with zero attached hydrogens (tertiary/aromatic N) is 5. The number of carbonyl (C=O) groups excluding carboxylic acids is 1. The minimum Gasteiger partial charge on any atom is -0.472 e. The van der Waals surface area contributed by atoms with Gasteiger partial charge in [0.05, 0.1) is 29.6 Å². The van der Waals surface area contributed by atoms with Crippen LogP contribution in [0.5, 0.6) is 5.88 Å². The highest BCUT2D eigenvalue weighted by atomic mass is 19.4. The molecule has 6 rings (SSSR count). The van der Waals surface area contributed by atoms with E-state index in [2.05, 4.69) is 19.9 Å². The number of carbonyl (C=O) groups is 1. The van der Waals surface area contributed by atoms with Crippen molar-refractivity contribution in [3.63, 3.8) is 0 Å². The predicted molar refractivity (Wildman–Crippen MR) is 114 cm³/mol. The molecule has 3 aromatic heterocycles. The minimum absolute atomic E-state index is 0.0170. The van der Waals surface area contributed by atoms with Gasteiger partial charge in [-0.25, -0.2) is 24.3 Å². The minimum atomic E-state index is -4.48. The highest BCUT2D eigenvalue weighted by molar-refractivity contribution is 6.00. The van der Waals surface area contributed by atoms with Gasteiger partial charge in [0, 0.05) is 29.9 Å². The van der Waals surface area contributed by atoms with Crippen LogP contribution in [0.3, 0.4) is 0 Å². The van der Waals surface area contributed by atoms with E-state index < -0.39 is 17.6 Å². The first-order chi connectivity index (χ1) is 16.7. The van der Waals surface area contributed by atoms with E-state index in [0.29, 0.717) is 23.7 Å². The van der Waals surface area contributed by atoms with Crippen molar-refractivity contribution in [2.45, 2.75) is 38.1 Å². The maximum atomic E-state index is 13.7. The Kier molecular flexibility index (Phi) is 4.64. The molecule has 4 unspecified atom stereocenters. The largest absolute Gasteiger partial charge is 0.472 e. The molecule has 4 heterocycles. The maximum absolute atomic E-state index is 13.7. The van der Waals surface area contributed by atoms with Gasteiger partial charge < -0.3 is 9.64 Å². The number of likely N-dealkylation sites (tertiary alicyclic amines) is 1. The van der Waals surface area contributed by atoms with Gasteiger partial charge in [-0.2, -0.15) is 13.2 Å². The zero-order chi connectivity index (χ0) is 24.5. The third-order valence-corrected chi connectivity index (χ3v) is 7.25. The van der Waals surface area contributed by atoms with E-state index in [4.69, 9.17) is 4.74 Å². The SMILES string of the molecule is Cc1ccc(C(=O)N2CC3CC34CC(Oc3ccc(C(F)(F)F)cn3)C24)c(-c2ncc(F)cn2)n1. The van der Waals surface area contributed by atoms with E-state index in [-0.39, 0.29) is 40.9 Å². The molecule has 1 aliphatic heterocycles. The summed E-state index contributed by atoms with van der Waals surface area (Å²) in [6, 6.07) is 5.30. The van der Waals surface area contributed by atoms with E-state index in [1.165, 1.54) is 6.07 Å². The van der Waals surface area contributed by atoms with Crippen LogP contribution in [-0.2, 0) is 6.18 Å². The summed E-state index contributed by atoms with van der Waals surface area (Å²) in [7, 11) is 0. The molecule has 3 aromatic rings. The second-order valence-corrected chi connectivity index (χ2v) is 9.35. The van der Waals surface area contributed by atoms with Crippen molar-refractivity contribution in [2.24, 2.45) is 11.3 Å². The number of amides is 1. The van der Waals surface area contributed by atoms with E-state index in [9.17, 15) is 22.4 Å². The molecular formula is C24H19F4N5O2. The Hall–Kier alpha value is -3.63. The number of alkyl halides is 3. The van der Waals surface area contributed by atoms with Gasteiger partial charge in [-0.15, -0.1) is 0 Å². The lowest BCUT2D eigenvalue weighted by atomic mass is 9.73. The lowest BCUT2D eigenvalue weighted by Gasteiger charge is -2.47. The Morgan fingerprint density at radius 1 is 1.09 bits per heavy atom. The molecule has 0 bridgehead atoms. The van der Waals surface area contributed by atoms with Gasteiger partial charge in [0.15, 0.2) is 11.6 Å². The smallest absolute Gasteiger partial charge is 0.417 e. The summed E-state index contributed by atoms with van der Waals surface area (Å²) in [5.41, 5.74) is 0.361. The Morgan fingerprint density at radius 3 is 2.54 bits per heavy atom. The topological polar surface area (TPSA) is 81.1 Å². The summed E-state index contributed by atoms with van der Waals surface area (Å²) in [4.78, 5) is 31.7. The molecular weight excluding hydrogens is 466 g/mol. The molecule has 11 heteroatoms. The van der Waals surface area contributed by atoms with E-state index >= 15 is 0 Å². The monoisotopic (exact) mass is 485 g/mol. The summed E-state index contributed by atoms with van der Waals surface area (Å²) < 4.78 is 57.8. The van der Waals surface area contributed by atoms with Crippen molar-refractivity contribution in [3.05, 3.63) is 65.5 Å². The highest BCUT2D eigenvalue weighted by Crippen LogP contribution is 2.71. The second kappa shape index (κ2) is 7.43. The van der Waals surface area contributed by atoms with Crippen molar-refractivity contribution in [1.82, 2.24) is 24.8 Å². The van der Waals surface area contributed by atoms with Gasteiger partial charge in [0.25, 0.3) is 5.91 Å². The van der Waals surface area contributed by atoms with Crippen LogP contribution in [0.2, 0.25) is 0 Å². The number of pyridine rings is 2. The van der Waals surface area contributed by atoms with Gasteiger partial charge in [-0.3, -0.25) is 4.79 Å². The number of aryl methyl sites for hydroxylation is 1. The normalized spacial score (nSPS) is 26.5. The average molecular weight is 485 g/mol. The fourth-order valence-electron chi connectivity index (χ4n) is 5.51. The summed E-state index contributed by atoms with van der Waals surface area (Å²) in [5, 5.41) is 0. The fourth-order valence-corrected chi connectivity index (χ4v) is 5.51. The van der Waals surface area contributed by atoms with Gasteiger partial charge in [0.1, 0.15) is 11.8 Å². The average Bonchev–Trinajstić information content (AvgIpc) is 3.47. The Bertz CT molecular complexity index is 1310. The molecule has 180 valence electrons. The molecule has 0 aromatic carbocycles. The summed E-state index contributed by atoms with van der Waals surface area (Å²) in [6.07, 6.45) is -0.360. The molecule has 2 aliphatic carbocycles. The van der Waals surface area contributed by atoms with Gasteiger partial charge in [0.2, 0.25) is 5.88 Å². The number of piperidine rings is 1. The third-order valence-electron chi connectivity index (χ3n) is 7.25. The number of ether oxygens (including phenoxy) is 1. The number of aromatic nitrogens is 4. The highest BCUT2D eigenvalue weighted by Gasteiger charge is 2.76. The first-order valence-corrected chi connectivity index (χ1v) is 11.1. The van der Waals surface area contributed by atoms with Crippen LogP contribution in [0.25, 0.3) is 11.5 Å². The lowest BCUT2D eigenvalue weighted by Crippen LogP contribution is -2.59. The zero-order valence-electron chi connectivity index (χ0n) is 18.5. The Labute approximate surface area is 197 Å². The number of hydrogen-bond donors (Lipinski definition) is 0. The van der Waals surface area contributed by atoms with E-state index in [1.807, 2.05) is 0 Å². The fraction of sp³-hybridized carbons (Fsp3) is 0.375. The van der Waals surface area contributed by atoms with Crippen LogP contribution in [0.4, 0.5) is 17.6 Å². The van der Waals surface area contributed by atoms with Gasteiger partial charge in [-0.05, 0) is 43.9 Å². The molecule has 3 aliphatic rings. The molecule has 4 atom stereocenters. The first-order valence-electron chi connectivity index (χ1n) is 11.1. The zero-order valence-corrected chi connectivity index (χ0v) is 18.5. The van der Waals surface area contributed by atoms with Crippen LogP contribution in [0.1, 0.15) is 34.5 Å². The number of rotatable bonds is 4. The van der Waals surface area contributed by atoms with Crippen molar-refractivity contribution < 1.29 is 27.1 Å². The maximum Gasteiger partial charge on any atom is 0.417 e. The van der Waals surface area contributed by atoms with Crippen molar-refractivity contribution in [1.29, 1.82) is 0 Å². The Morgan fingerprint density at radius 2 is 1.86 bits per heavy atom. The van der Waals surface area contributed by atoms with Crippen LogP contribution in [-0.4, -0.2) is 49.4 Å². The second-order valence-electron chi connectivity index (χ2n) is 9.35. The molecule has 7 nitrogen and oxygen atoms in total. The quantitative estimate of drug-likeness (QED) is 0.518. The van der Waals surface area contributed by atoms with Gasteiger partial charge >= 0.3 is 6.18 Å². The molecule has 0 N–H and O–H groups in total. The Balaban J connectivity index is 1.26. The van der Waals surface area contributed by atoms with Gasteiger partial charge in [-0.1, -0.05) is 0 Å². The van der Waals surface area contributed by atoms with E-state index in [1.54, 1.807) is 24.0 Å². The van der Waals surface area contributed by atoms with Crippen molar-refractivity contribution >= 4 is 5.91 Å². The van der Waals surface area contributed by atoms with Crippen LogP contribution < -0.4 is 4.74 Å². The first kappa shape index (κ1) is 21.9. The number of halogens is 4. The molecule has 1 amide bonds. The van der Waals surface area contributed by atoms with Crippen LogP contribution in [0.15, 0.2) is 42.9 Å². The molecule has 35 heavy (non-hydrogen) atoms. The summed E-state index contributed by atoms with van der Waals surface area (Å²) in [5.74, 6) is -0.256. The molecule has 1 saturated heterocycles. The van der Waals surface area contributed by atoms with Crippen LogP contribution in [0, 0.1) is 24.1 Å². The third kappa shape index (κ3) is 3.52. The predicted octanol–water partition coefficient (Wildman–Crippen LogP) is 4.08.